The first-order valence-electron chi connectivity index (χ1n) is 7.51. The molecule has 3 rings (SSSR count). The minimum atomic E-state index is -0.724. The molecule has 25 heavy (non-hydrogen) atoms. The number of oxime groups is 1. The van der Waals surface area contributed by atoms with Gasteiger partial charge in [0.25, 0.3) is 0 Å². The summed E-state index contributed by atoms with van der Waals surface area (Å²) in [6, 6.07) is 7.17. The van der Waals surface area contributed by atoms with Crippen LogP contribution in [0.4, 0.5) is 10.1 Å². The number of aromatic nitrogens is 1. The van der Waals surface area contributed by atoms with Crippen LogP contribution in [0, 0.1) is 5.82 Å². The predicted octanol–water partition coefficient (Wildman–Crippen LogP) is 2.22. The molecule has 128 valence electrons. The van der Waals surface area contributed by atoms with Gasteiger partial charge >= 0.3 is 5.97 Å². The van der Waals surface area contributed by atoms with Gasteiger partial charge in [-0.3, -0.25) is 0 Å². The molecule has 0 saturated carbocycles. The van der Waals surface area contributed by atoms with E-state index in [2.05, 4.69) is 10.1 Å². The molecule has 2 heterocycles. The fourth-order valence-electron chi connectivity index (χ4n) is 2.32. The molecule has 0 aliphatic carbocycles. The maximum Gasteiger partial charge on any atom is 0.358 e. The van der Waals surface area contributed by atoms with Crippen molar-refractivity contribution < 1.29 is 18.8 Å². The average Bonchev–Trinajstić information content (AvgIpc) is 3.03. The number of esters is 1. The lowest BCUT2D eigenvalue weighted by Crippen LogP contribution is -2.13. The molecule has 0 spiro atoms. The van der Waals surface area contributed by atoms with Crippen molar-refractivity contribution in [1.82, 2.24) is 4.98 Å². The van der Waals surface area contributed by atoms with E-state index in [1.54, 1.807) is 6.07 Å². The number of rotatable bonds is 4. The van der Waals surface area contributed by atoms with Crippen molar-refractivity contribution >= 4 is 36.7 Å². The van der Waals surface area contributed by atoms with Gasteiger partial charge in [0, 0.05) is 12.0 Å². The molecular formula is C16H14BClFN3O3. The fraction of sp³-hybridized carbons (Fsp3) is 0.188. The molecule has 0 amide bonds. The number of halogens is 2. The lowest BCUT2D eigenvalue weighted by molar-refractivity contribution is 0.0462. The van der Waals surface area contributed by atoms with Crippen molar-refractivity contribution in [2.75, 3.05) is 5.73 Å². The van der Waals surface area contributed by atoms with Gasteiger partial charge in [0.05, 0.1) is 16.4 Å². The molecule has 1 aromatic carbocycles. The highest BCUT2D eigenvalue weighted by Gasteiger charge is 2.26. The molecule has 0 radical (unpaired) electrons. The highest BCUT2D eigenvalue weighted by Crippen LogP contribution is 2.31. The van der Waals surface area contributed by atoms with Crippen LogP contribution in [0.5, 0.6) is 0 Å². The SMILES string of the molecule is BC1=NOC(c2cc(N)c(Cl)c(C(=O)OCc3ccc(F)cc3)n2)C1. The first-order valence-corrected chi connectivity index (χ1v) is 7.88. The Morgan fingerprint density at radius 3 is 2.80 bits per heavy atom. The number of carbonyl (C=O) groups is 1. The van der Waals surface area contributed by atoms with Gasteiger partial charge in [0.2, 0.25) is 0 Å². The van der Waals surface area contributed by atoms with Crippen LogP contribution in [0.1, 0.15) is 34.3 Å². The summed E-state index contributed by atoms with van der Waals surface area (Å²) in [5, 5.41) is 3.88. The number of carbonyl (C=O) groups excluding carboxylic acids is 1. The number of pyridine rings is 1. The standard InChI is InChI=1S/C16H14BClFN3O3/c17-13-6-12(25-22-13)11-5-10(20)14(18)15(21-11)16(23)24-7-8-1-3-9(19)4-2-8/h1-5,12H,6-7,17H2,(H2,20,21). The van der Waals surface area contributed by atoms with E-state index in [0.29, 0.717) is 17.7 Å². The monoisotopic (exact) mass is 361 g/mol. The molecule has 2 N–H and O–H groups in total. The predicted molar refractivity (Wildman–Crippen MR) is 93.6 cm³/mol. The van der Waals surface area contributed by atoms with E-state index in [0.717, 1.165) is 5.61 Å². The molecule has 0 bridgehead atoms. The molecule has 6 nitrogen and oxygen atoms in total. The number of benzene rings is 1. The van der Waals surface area contributed by atoms with E-state index in [4.69, 9.17) is 26.9 Å². The third-order valence-corrected chi connectivity index (χ3v) is 4.03. The molecule has 0 fully saturated rings. The summed E-state index contributed by atoms with van der Waals surface area (Å²) < 4.78 is 18.1. The molecule has 1 aliphatic rings. The van der Waals surface area contributed by atoms with Crippen molar-refractivity contribution in [2.24, 2.45) is 5.16 Å². The van der Waals surface area contributed by atoms with Gasteiger partial charge in [-0.05, 0) is 23.8 Å². The van der Waals surface area contributed by atoms with Gasteiger partial charge in [0.1, 0.15) is 12.4 Å². The minimum absolute atomic E-state index is 0.0171. The number of nitrogens with two attached hydrogens (primary N) is 1. The van der Waals surface area contributed by atoms with Gasteiger partial charge < -0.3 is 15.3 Å². The molecule has 1 atom stereocenters. The van der Waals surface area contributed by atoms with E-state index in [-0.39, 0.29) is 28.8 Å². The highest BCUT2D eigenvalue weighted by atomic mass is 35.5. The number of nitrogen functional groups attached to an aromatic ring is 1. The smallest absolute Gasteiger partial charge is 0.358 e. The third-order valence-electron chi connectivity index (χ3n) is 3.63. The second kappa shape index (κ2) is 7.10. The molecule has 2 aromatic rings. The van der Waals surface area contributed by atoms with E-state index in [1.807, 2.05) is 7.85 Å². The van der Waals surface area contributed by atoms with Crippen LogP contribution in [0.15, 0.2) is 35.5 Å². The van der Waals surface area contributed by atoms with E-state index >= 15 is 0 Å². The highest BCUT2D eigenvalue weighted by molar-refractivity contribution is 6.59. The van der Waals surface area contributed by atoms with Gasteiger partial charge in [-0.2, -0.15) is 0 Å². The largest absolute Gasteiger partial charge is 0.456 e. The van der Waals surface area contributed by atoms with Gasteiger partial charge in [-0.25, -0.2) is 14.2 Å². The summed E-state index contributed by atoms with van der Waals surface area (Å²) >= 11 is 6.09. The molecule has 9 heteroatoms. The maximum absolute atomic E-state index is 12.9. The Kier molecular flexibility index (Phi) is 4.89. The lowest BCUT2D eigenvalue weighted by atomic mass is 9.95. The Hall–Kier alpha value is -2.61. The number of ether oxygens (including phenoxy) is 1. The van der Waals surface area contributed by atoms with Crippen molar-refractivity contribution in [3.63, 3.8) is 0 Å². The Morgan fingerprint density at radius 2 is 2.16 bits per heavy atom. The molecule has 1 aliphatic heterocycles. The van der Waals surface area contributed by atoms with Crippen LogP contribution in [0.2, 0.25) is 5.02 Å². The summed E-state index contributed by atoms with van der Waals surface area (Å²) in [6.45, 7) is -0.0383. The number of anilines is 1. The van der Waals surface area contributed by atoms with Crippen molar-refractivity contribution in [2.45, 2.75) is 19.1 Å². The van der Waals surface area contributed by atoms with E-state index < -0.39 is 12.1 Å². The number of hydrogen-bond acceptors (Lipinski definition) is 6. The third kappa shape index (κ3) is 3.91. The van der Waals surface area contributed by atoms with Crippen LogP contribution in [0.3, 0.4) is 0 Å². The van der Waals surface area contributed by atoms with Crippen LogP contribution in [-0.4, -0.2) is 24.4 Å². The first kappa shape index (κ1) is 17.2. The topological polar surface area (TPSA) is 86.8 Å². The zero-order valence-electron chi connectivity index (χ0n) is 13.3. The molecule has 1 unspecified atom stereocenters. The minimum Gasteiger partial charge on any atom is -0.456 e. The van der Waals surface area contributed by atoms with Crippen LogP contribution in [-0.2, 0) is 16.2 Å². The Bertz CT molecular complexity index is 845. The van der Waals surface area contributed by atoms with Crippen molar-refractivity contribution in [1.29, 1.82) is 0 Å². The summed E-state index contributed by atoms with van der Waals surface area (Å²) in [4.78, 5) is 21.8. The van der Waals surface area contributed by atoms with Crippen molar-refractivity contribution in [3.05, 3.63) is 58.1 Å². The van der Waals surface area contributed by atoms with Gasteiger partial charge in [-0.1, -0.05) is 23.7 Å². The molecule has 1 aromatic heterocycles. The van der Waals surface area contributed by atoms with Crippen LogP contribution in [0.25, 0.3) is 0 Å². The van der Waals surface area contributed by atoms with E-state index in [1.165, 1.54) is 24.3 Å². The molecular weight excluding hydrogens is 347 g/mol. The average molecular weight is 362 g/mol. The van der Waals surface area contributed by atoms with Gasteiger partial charge in [0.15, 0.2) is 19.6 Å². The van der Waals surface area contributed by atoms with Crippen molar-refractivity contribution in [3.8, 4) is 0 Å². The second-order valence-electron chi connectivity index (χ2n) is 5.63. The van der Waals surface area contributed by atoms with Crippen LogP contribution < -0.4 is 5.73 Å². The second-order valence-corrected chi connectivity index (χ2v) is 6.00. The Labute approximate surface area is 149 Å². The van der Waals surface area contributed by atoms with Crippen LogP contribution >= 0.6 is 11.6 Å². The maximum atomic E-state index is 12.9. The fourth-order valence-corrected chi connectivity index (χ4v) is 2.50. The summed E-state index contributed by atoms with van der Waals surface area (Å²) in [6.07, 6.45) is 0.140. The zero-order chi connectivity index (χ0) is 18.0. The quantitative estimate of drug-likeness (QED) is 0.666. The summed E-state index contributed by atoms with van der Waals surface area (Å²) in [5.41, 5.74) is 7.89. The number of nitrogens with zero attached hydrogens (tertiary/aromatic N) is 2. The normalized spacial score (nSPS) is 16.2. The van der Waals surface area contributed by atoms with Gasteiger partial charge in [-0.15, -0.1) is 5.16 Å². The summed E-state index contributed by atoms with van der Waals surface area (Å²) in [7, 11) is 1.83. The zero-order valence-corrected chi connectivity index (χ0v) is 14.1. The Morgan fingerprint density at radius 1 is 1.44 bits per heavy atom. The molecule has 0 saturated heterocycles. The van der Waals surface area contributed by atoms with E-state index in [9.17, 15) is 9.18 Å². The Balaban J connectivity index is 1.77. The number of hydrogen-bond donors (Lipinski definition) is 1. The lowest BCUT2D eigenvalue weighted by Gasteiger charge is -2.12. The first-order chi connectivity index (χ1) is 11.9. The summed E-state index contributed by atoms with van der Waals surface area (Å²) in [5.74, 6) is -1.09.